The fourth-order valence-electron chi connectivity index (χ4n) is 5.42. The Labute approximate surface area is 199 Å². The smallest absolute Gasteiger partial charge is 0.227 e. The van der Waals surface area contributed by atoms with Gasteiger partial charge in [-0.1, -0.05) is 12.8 Å². The first kappa shape index (κ1) is 21.6. The summed E-state index contributed by atoms with van der Waals surface area (Å²) in [6.07, 6.45) is 7.36. The lowest BCUT2D eigenvalue weighted by Crippen LogP contribution is -2.66. The molecule has 3 N–H and O–H groups in total. The van der Waals surface area contributed by atoms with Gasteiger partial charge in [0, 0.05) is 43.2 Å². The van der Waals surface area contributed by atoms with E-state index >= 15 is 0 Å². The summed E-state index contributed by atoms with van der Waals surface area (Å²) in [5, 5.41) is 16.1. The second kappa shape index (κ2) is 8.70. The van der Waals surface area contributed by atoms with Crippen molar-refractivity contribution in [2.75, 3.05) is 48.4 Å². The van der Waals surface area contributed by atoms with Crippen LogP contribution in [0.4, 0.5) is 23.1 Å². The van der Waals surface area contributed by atoms with E-state index in [0.29, 0.717) is 29.6 Å². The van der Waals surface area contributed by atoms with Gasteiger partial charge in [-0.05, 0) is 50.5 Å². The highest BCUT2D eigenvalue weighted by Crippen LogP contribution is 2.40. The molecular weight excluding hydrogens is 430 g/mol. The van der Waals surface area contributed by atoms with Crippen LogP contribution in [0.15, 0.2) is 30.6 Å². The molecule has 1 aromatic carbocycles. The summed E-state index contributed by atoms with van der Waals surface area (Å²) in [6, 6.07) is 9.02. The number of aliphatic hydroxyl groups excluding tert-OH is 1. The minimum atomic E-state index is 0.0679. The molecule has 3 aromatic rings. The van der Waals surface area contributed by atoms with Crippen LogP contribution in [-0.2, 0) is 4.74 Å². The molecule has 1 unspecified atom stereocenters. The van der Waals surface area contributed by atoms with Gasteiger partial charge in [0.25, 0.3) is 0 Å². The molecule has 2 aromatic heterocycles. The first-order chi connectivity index (χ1) is 16.6. The molecule has 0 amide bonds. The number of aromatic nitrogens is 4. The van der Waals surface area contributed by atoms with E-state index in [4.69, 9.17) is 19.7 Å². The quantitative estimate of drug-likeness (QED) is 0.465. The van der Waals surface area contributed by atoms with E-state index in [0.717, 1.165) is 56.0 Å². The molecule has 180 valence electrons. The van der Waals surface area contributed by atoms with Crippen LogP contribution in [-0.4, -0.2) is 63.6 Å². The number of hydrogen-bond acceptors (Lipinski definition) is 8. The molecule has 6 rings (SSSR count). The number of nitrogens with one attached hydrogen (secondary N) is 2. The number of nitrogens with zero attached hydrogens (tertiary/aromatic N) is 5. The minimum absolute atomic E-state index is 0.0679. The van der Waals surface area contributed by atoms with Gasteiger partial charge >= 0.3 is 0 Å². The summed E-state index contributed by atoms with van der Waals surface area (Å²) in [4.78, 5) is 16.7. The van der Waals surface area contributed by atoms with Gasteiger partial charge in [0.2, 0.25) is 5.95 Å². The van der Waals surface area contributed by atoms with Gasteiger partial charge in [-0.3, -0.25) is 0 Å². The standard InChI is InChI=1S/C25H33N7O2/c1-17(10-11-33)27-24-29-22(21-23(30-24)32(16-26-21)20-4-2-3-5-20)28-18-6-8-19(9-7-18)31-12-25(13-31)14-34-15-25/h6-9,16-17,20,33H,2-5,10-15H2,1H3,(H2,27,28,29,30). The van der Waals surface area contributed by atoms with Gasteiger partial charge in [0.05, 0.1) is 25.0 Å². The van der Waals surface area contributed by atoms with E-state index in [9.17, 15) is 5.11 Å². The van der Waals surface area contributed by atoms with Crippen molar-refractivity contribution in [3.63, 3.8) is 0 Å². The molecule has 1 spiro atoms. The molecule has 9 nitrogen and oxygen atoms in total. The van der Waals surface area contributed by atoms with Crippen molar-refractivity contribution in [3.05, 3.63) is 30.6 Å². The van der Waals surface area contributed by atoms with Crippen LogP contribution in [0.5, 0.6) is 0 Å². The van der Waals surface area contributed by atoms with Gasteiger partial charge in [-0.15, -0.1) is 0 Å². The third-order valence-electron chi connectivity index (χ3n) is 7.44. The summed E-state index contributed by atoms with van der Waals surface area (Å²) in [7, 11) is 0. The number of anilines is 4. The number of fused-ring (bicyclic) bond motifs is 1. The number of aliphatic hydroxyl groups is 1. The monoisotopic (exact) mass is 463 g/mol. The van der Waals surface area contributed by atoms with Crippen LogP contribution in [0.2, 0.25) is 0 Å². The molecule has 4 heterocycles. The Morgan fingerprint density at radius 1 is 1.15 bits per heavy atom. The molecule has 2 aliphatic heterocycles. The Morgan fingerprint density at radius 2 is 1.91 bits per heavy atom. The number of ether oxygens (including phenoxy) is 1. The van der Waals surface area contributed by atoms with E-state index in [1.54, 1.807) is 0 Å². The predicted octanol–water partition coefficient (Wildman–Crippen LogP) is 3.70. The molecule has 3 fully saturated rings. The van der Waals surface area contributed by atoms with E-state index in [1.807, 2.05) is 13.3 Å². The fourth-order valence-corrected chi connectivity index (χ4v) is 5.42. The lowest BCUT2D eigenvalue weighted by Gasteiger charge is -2.56. The predicted molar refractivity (Wildman–Crippen MR) is 133 cm³/mol. The number of hydrogen-bond donors (Lipinski definition) is 3. The molecule has 1 atom stereocenters. The molecule has 9 heteroatoms. The highest BCUT2D eigenvalue weighted by atomic mass is 16.5. The highest BCUT2D eigenvalue weighted by molar-refractivity contribution is 5.86. The number of rotatable bonds is 8. The topological polar surface area (TPSA) is 100 Å². The van der Waals surface area contributed by atoms with Crippen molar-refractivity contribution in [3.8, 4) is 0 Å². The first-order valence-electron chi connectivity index (χ1n) is 12.4. The SMILES string of the molecule is CC(CCO)Nc1nc(Nc2ccc(N3CC4(COC4)C3)cc2)c2ncn(C3CCCC3)c2n1. The van der Waals surface area contributed by atoms with Crippen molar-refractivity contribution in [2.24, 2.45) is 5.41 Å². The summed E-state index contributed by atoms with van der Waals surface area (Å²) in [5.74, 6) is 1.25. The van der Waals surface area contributed by atoms with Crippen LogP contribution >= 0.6 is 0 Å². The summed E-state index contributed by atoms with van der Waals surface area (Å²) < 4.78 is 7.60. The third kappa shape index (κ3) is 3.96. The van der Waals surface area contributed by atoms with Crippen LogP contribution in [0, 0.1) is 5.41 Å². The van der Waals surface area contributed by atoms with Crippen molar-refractivity contribution < 1.29 is 9.84 Å². The summed E-state index contributed by atoms with van der Waals surface area (Å²) >= 11 is 0. The molecule has 0 bridgehead atoms. The van der Waals surface area contributed by atoms with Crippen molar-refractivity contribution in [1.82, 2.24) is 19.5 Å². The molecule has 34 heavy (non-hydrogen) atoms. The first-order valence-corrected chi connectivity index (χ1v) is 12.4. The van der Waals surface area contributed by atoms with Crippen molar-refractivity contribution >= 4 is 34.3 Å². The Kier molecular flexibility index (Phi) is 5.53. The Morgan fingerprint density at radius 3 is 2.59 bits per heavy atom. The highest BCUT2D eigenvalue weighted by Gasteiger charge is 2.48. The number of benzene rings is 1. The third-order valence-corrected chi connectivity index (χ3v) is 7.44. The van der Waals surface area contributed by atoms with Gasteiger partial charge in [0.15, 0.2) is 17.0 Å². The van der Waals surface area contributed by atoms with E-state index in [-0.39, 0.29) is 12.6 Å². The molecule has 3 aliphatic rings. The van der Waals surface area contributed by atoms with E-state index in [2.05, 4.69) is 44.4 Å². The minimum Gasteiger partial charge on any atom is -0.396 e. The zero-order valence-corrected chi connectivity index (χ0v) is 19.7. The zero-order valence-electron chi connectivity index (χ0n) is 19.7. The van der Waals surface area contributed by atoms with E-state index < -0.39 is 0 Å². The van der Waals surface area contributed by atoms with Crippen molar-refractivity contribution in [2.45, 2.75) is 51.1 Å². The Hall–Kier alpha value is -2.91. The van der Waals surface area contributed by atoms with Crippen LogP contribution in [0.1, 0.15) is 45.1 Å². The van der Waals surface area contributed by atoms with Crippen LogP contribution in [0.25, 0.3) is 11.2 Å². The fraction of sp³-hybridized carbons (Fsp3) is 0.560. The zero-order chi connectivity index (χ0) is 23.1. The molecule has 1 saturated carbocycles. The molecular formula is C25H33N7O2. The van der Waals surface area contributed by atoms with Gasteiger partial charge in [0.1, 0.15) is 0 Å². The van der Waals surface area contributed by atoms with Crippen LogP contribution in [0.3, 0.4) is 0 Å². The lowest BCUT2D eigenvalue weighted by atomic mass is 9.78. The van der Waals surface area contributed by atoms with Gasteiger partial charge < -0.3 is 29.9 Å². The maximum absolute atomic E-state index is 9.30. The van der Waals surface area contributed by atoms with Crippen LogP contribution < -0.4 is 15.5 Å². The second-order valence-electron chi connectivity index (χ2n) is 10.2. The van der Waals surface area contributed by atoms with Gasteiger partial charge in [-0.25, -0.2) is 4.98 Å². The maximum atomic E-state index is 9.30. The van der Waals surface area contributed by atoms with Gasteiger partial charge in [-0.2, -0.15) is 9.97 Å². The average molecular weight is 464 g/mol. The maximum Gasteiger partial charge on any atom is 0.227 e. The number of imidazole rings is 1. The van der Waals surface area contributed by atoms with Crippen molar-refractivity contribution in [1.29, 1.82) is 0 Å². The summed E-state index contributed by atoms with van der Waals surface area (Å²) in [6.45, 7) is 6.10. The molecule has 1 aliphatic carbocycles. The summed E-state index contributed by atoms with van der Waals surface area (Å²) in [5.41, 5.74) is 4.25. The lowest BCUT2D eigenvalue weighted by molar-refractivity contribution is -0.127. The van der Waals surface area contributed by atoms with E-state index in [1.165, 1.54) is 18.5 Å². The Balaban J connectivity index is 1.26. The normalized spacial score (nSPS) is 20.4. The Bertz CT molecular complexity index is 1140. The molecule has 2 saturated heterocycles. The molecule has 0 radical (unpaired) electrons. The average Bonchev–Trinajstić information content (AvgIpc) is 3.43. The largest absolute Gasteiger partial charge is 0.396 e. The second-order valence-corrected chi connectivity index (χ2v) is 10.2.